The summed E-state index contributed by atoms with van der Waals surface area (Å²) < 4.78 is 33.9. The molecule has 0 radical (unpaired) electrons. The Labute approximate surface area is 150 Å². The number of H-pyrrole nitrogens is 1. The van der Waals surface area contributed by atoms with Crippen LogP contribution in [0.4, 0.5) is 5.69 Å². The Morgan fingerprint density at radius 1 is 1.12 bits per heavy atom. The van der Waals surface area contributed by atoms with Crippen LogP contribution in [0.1, 0.15) is 22.8 Å². The van der Waals surface area contributed by atoms with Gasteiger partial charge in [-0.2, -0.15) is 0 Å². The van der Waals surface area contributed by atoms with Crippen LogP contribution in [0.2, 0.25) is 5.02 Å². The molecule has 0 unspecified atom stereocenters. The lowest BCUT2D eigenvalue weighted by atomic mass is 10.2. The molecule has 2 heterocycles. The molecular formula is C16H17ClN4O3S. The van der Waals surface area contributed by atoms with E-state index >= 15 is 0 Å². The zero-order valence-electron chi connectivity index (χ0n) is 14.1. The number of nitrogens with zero attached hydrogens (tertiary/aromatic N) is 2. The van der Waals surface area contributed by atoms with Crippen molar-refractivity contribution in [1.82, 2.24) is 15.2 Å². The van der Waals surface area contributed by atoms with Crippen molar-refractivity contribution in [1.29, 1.82) is 0 Å². The minimum Gasteiger partial charge on any atom is -0.421 e. The van der Waals surface area contributed by atoms with Gasteiger partial charge in [0.2, 0.25) is 5.89 Å². The first kappa shape index (κ1) is 17.5. The van der Waals surface area contributed by atoms with Crippen molar-refractivity contribution in [3.8, 4) is 11.5 Å². The van der Waals surface area contributed by atoms with E-state index in [0.717, 1.165) is 5.56 Å². The van der Waals surface area contributed by atoms with Gasteiger partial charge in [0.25, 0.3) is 15.9 Å². The lowest BCUT2D eigenvalue weighted by molar-refractivity contribution is 0.531. The highest BCUT2D eigenvalue weighted by Gasteiger charge is 2.29. The molecule has 0 bridgehead atoms. The van der Waals surface area contributed by atoms with Gasteiger partial charge in [-0.3, -0.25) is 4.72 Å². The number of aromatic amines is 1. The number of aromatic nitrogens is 3. The van der Waals surface area contributed by atoms with E-state index in [1.54, 1.807) is 39.0 Å². The van der Waals surface area contributed by atoms with Crippen LogP contribution < -0.4 is 4.72 Å². The average molecular weight is 381 g/mol. The Morgan fingerprint density at radius 3 is 2.44 bits per heavy atom. The average Bonchev–Trinajstić information content (AvgIpc) is 3.05. The minimum atomic E-state index is -3.92. The monoisotopic (exact) mass is 380 g/mol. The first-order valence-electron chi connectivity index (χ1n) is 7.47. The number of benzene rings is 1. The molecule has 1 aromatic carbocycles. The standard InChI is InChI=1S/C16H17ClN4O3S/c1-8-5-6-13(12(17)7-8)21-25(22,23)15-10(3)18-9(2)14(15)16-20-19-11(4)24-16/h5-7,18,21H,1-4H3. The largest absolute Gasteiger partial charge is 0.421 e. The summed E-state index contributed by atoms with van der Waals surface area (Å²) in [5.74, 6) is 0.501. The van der Waals surface area contributed by atoms with Crippen molar-refractivity contribution in [3.63, 3.8) is 0 Å². The van der Waals surface area contributed by atoms with Crippen LogP contribution in [0.3, 0.4) is 0 Å². The summed E-state index contributed by atoms with van der Waals surface area (Å²) in [6, 6.07) is 5.10. The first-order chi connectivity index (χ1) is 11.7. The van der Waals surface area contributed by atoms with E-state index in [2.05, 4.69) is 19.9 Å². The molecule has 0 amide bonds. The van der Waals surface area contributed by atoms with Gasteiger partial charge in [-0.25, -0.2) is 8.42 Å². The van der Waals surface area contributed by atoms with Gasteiger partial charge in [0, 0.05) is 18.3 Å². The summed E-state index contributed by atoms with van der Waals surface area (Å²) in [5.41, 5.74) is 2.69. The maximum atomic E-state index is 13.0. The lowest BCUT2D eigenvalue weighted by Gasteiger charge is -2.11. The van der Waals surface area contributed by atoms with Gasteiger partial charge in [0.1, 0.15) is 4.90 Å². The van der Waals surface area contributed by atoms with Crippen LogP contribution in [0, 0.1) is 27.7 Å². The van der Waals surface area contributed by atoms with Gasteiger partial charge >= 0.3 is 0 Å². The fraction of sp³-hybridized carbons (Fsp3) is 0.250. The van der Waals surface area contributed by atoms with Crippen molar-refractivity contribution in [3.05, 3.63) is 46.1 Å². The summed E-state index contributed by atoms with van der Waals surface area (Å²) in [6.45, 7) is 6.94. The zero-order valence-corrected chi connectivity index (χ0v) is 15.7. The molecule has 2 aromatic heterocycles. The van der Waals surface area contributed by atoms with E-state index in [-0.39, 0.29) is 10.8 Å². The van der Waals surface area contributed by atoms with Gasteiger partial charge in [-0.15, -0.1) is 10.2 Å². The number of rotatable bonds is 4. The van der Waals surface area contributed by atoms with Gasteiger partial charge in [-0.05, 0) is 38.5 Å². The maximum Gasteiger partial charge on any atom is 0.264 e. The van der Waals surface area contributed by atoms with E-state index in [0.29, 0.717) is 33.6 Å². The number of sulfonamides is 1. The van der Waals surface area contributed by atoms with Crippen LogP contribution in [-0.4, -0.2) is 23.6 Å². The van der Waals surface area contributed by atoms with Crippen LogP contribution in [0.15, 0.2) is 27.5 Å². The number of aryl methyl sites for hydroxylation is 4. The molecule has 25 heavy (non-hydrogen) atoms. The Morgan fingerprint density at radius 2 is 1.84 bits per heavy atom. The number of hydrogen-bond donors (Lipinski definition) is 2. The van der Waals surface area contributed by atoms with Crippen molar-refractivity contribution in [2.24, 2.45) is 0 Å². The molecule has 0 saturated heterocycles. The summed E-state index contributed by atoms with van der Waals surface area (Å²) in [4.78, 5) is 3.08. The molecule has 0 fully saturated rings. The predicted octanol–water partition coefficient (Wildman–Crippen LogP) is 3.75. The smallest absolute Gasteiger partial charge is 0.264 e. The highest BCUT2D eigenvalue weighted by Crippen LogP contribution is 2.34. The Balaban J connectivity index is 2.12. The van der Waals surface area contributed by atoms with Gasteiger partial charge in [0.15, 0.2) is 0 Å². The number of nitrogens with one attached hydrogen (secondary N) is 2. The third-order valence-corrected chi connectivity index (χ3v) is 5.54. The van der Waals surface area contributed by atoms with Gasteiger partial charge in [-0.1, -0.05) is 17.7 Å². The number of halogens is 1. The summed E-state index contributed by atoms with van der Waals surface area (Å²) in [5, 5.41) is 8.05. The van der Waals surface area contributed by atoms with E-state index < -0.39 is 10.0 Å². The lowest BCUT2D eigenvalue weighted by Crippen LogP contribution is -2.15. The molecule has 0 spiro atoms. The summed E-state index contributed by atoms with van der Waals surface area (Å²) >= 11 is 6.15. The van der Waals surface area contributed by atoms with Crippen molar-refractivity contribution < 1.29 is 12.8 Å². The van der Waals surface area contributed by atoms with Gasteiger partial charge in [0.05, 0.1) is 16.3 Å². The van der Waals surface area contributed by atoms with E-state index in [1.807, 2.05) is 6.92 Å². The first-order valence-corrected chi connectivity index (χ1v) is 9.34. The topological polar surface area (TPSA) is 101 Å². The SMILES string of the molecule is Cc1ccc(NS(=O)(=O)c2c(C)[nH]c(C)c2-c2nnc(C)o2)c(Cl)c1. The maximum absolute atomic E-state index is 13.0. The Bertz CT molecular complexity index is 1050. The van der Waals surface area contributed by atoms with Crippen molar-refractivity contribution in [2.75, 3.05) is 4.72 Å². The van der Waals surface area contributed by atoms with Crippen LogP contribution in [0.5, 0.6) is 0 Å². The number of anilines is 1. The van der Waals surface area contributed by atoms with Crippen LogP contribution in [-0.2, 0) is 10.0 Å². The fourth-order valence-corrected chi connectivity index (χ4v) is 4.52. The van der Waals surface area contributed by atoms with E-state index in [1.165, 1.54) is 0 Å². The molecule has 0 saturated carbocycles. The molecule has 3 rings (SSSR count). The molecule has 0 atom stereocenters. The van der Waals surface area contributed by atoms with Crippen molar-refractivity contribution >= 4 is 27.3 Å². The highest BCUT2D eigenvalue weighted by atomic mass is 35.5. The normalized spacial score (nSPS) is 11.7. The van der Waals surface area contributed by atoms with Crippen LogP contribution >= 0.6 is 11.6 Å². The Kier molecular flexibility index (Phi) is 4.34. The van der Waals surface area contributed by atoms with Crippen LogP contribution in [0.25, 0.3) is 11.5 Å². The molecular weight excluding hydrogens is 364 g/mol. The predicted molar refractivity (Wildman–Crippen MR) is 95.3 cm³/mol. The van der Waals surface area contributed by atoms with Gasteiger partial charge < -0.3 is 9.40 Å². The fourth-order valence-electron chi connectivity index (χ4n) is 2.65. The zero-order chi connectivity index (χ0) is 18.4. The number of hydrogen-bond acceptors (Lipinski definition) is 5. The second-order valence-electron chi connectivity index (χ2n) is 5.79. The molecule has 2 N–H and O–H groups in total. The van der Waals surface area contributed by atoms with Crippen molar-refractivity contribution in [2.45, 2.75) is 32.6 Å². The minimum absolute atomic E-state index is 0.0605. The summed E-state index contributed by atoms with van der Waals surface area (Å²) in [7, 11) is -3.92. The third-order valence-electron chi connectivity index (χ3n) is 3.70. The molecule has 0 aliphatic heterocycles. The Hall–Kier alpha value is -2.32. The summed E-state index contributed by atoms with van der Waals surface area (Å²) in [6.07, 6.45) is 0. The van der Waals surface area contributed by atoms with E-state index in [4.69, 9.17) is 16.0 Å². The molecule has 7 nitrogen and oxygen atoms in total. The molecule has 9 heteroatoms. The molecule has 3 aromatic rings. The highest BCUT2D eigenvalue weighted by molar-refractivity contribution is 7.93. The quantitative estimate of drug-likeness (QED) is 0.717. The van der Waals surface area contributed by atoms with E-state index in [9.17, 15) is 8.42 Å². The second-order valence-corrected chi connectivity index (χ2v) is 7.82. The molecule has 132 valence electrons. The molecule has 0 aliphatic carbocycles. The third kappa shape index (κ3) is 3.27. The molecule has 0 aliphatic rings. The second kappa shape index (κ2) is 6.20.